The van der Waals surface area contributed by atoms with Gasteiger partial charge in [0.05, 0.1) is 17.7 Å². The SMILES string of the molecule is [C-]#[N+]C[C@H]1CN(c2nc(OC[C@@H]3CCCN3CC(C)(C)C(=O)O)nc3c2CCN(c2cccc4cccc([131I])c24)C3)CCN1C(=O)C=C. The van der Waals surface area contributed by atoms with Gasteiger partial charge >= 0.3 is 12.0 Å². The number of benzene rings is 2. The van der Waals surface area contributed by atoms with Crippen LogP contribution in [0, 0.1) is 15.6 Å². The molecule has 1 N–H and O–H groups in total. The summed E-state index contributed by atoms with van der Waals surface area (Å²) in [7, 11) is 0. The van der Waals surface area contributed by atoms with Gasteiger partial charge in [-0.1, -0.05) is 30.8 Å². The molecule has 4 heterocycles. The Kier molecular flexibility index (Phi) is 10.1. The summed E-state index contributed by atoms with van der Waals surface area (Å²) in [6.45, 7) is 19.5. The number of rotatable bonds is 10. The number of carbonyl (C=O) groups is 2. The number of halogens is 1. The molecule has 0 spiro atoms. The molecule has 6 rings (SSSR count). The van der Waals surface area contributed by atoms with Crippen LogP contribution in [-0.2, 0) is 22.6 Å². The highest BCUT2D eigenvalue weighted by atomic mass is 131. The maximum absolute atomic E-state index is 12.6. The zero-order valence-corrected chi connectivity index (χ0v) is 29.7. The number of hydrogen-bond acceptors (Lipinski definition) is 8. The lowest BCUT2D eigenvalue weighted by Gasteiger charge is -2.41. The van der Waals surface area contributed by atoms with Crippen LogP contribution in [0.2, 0.25) is 0 Å². The van der Waals surface area contributed by atoms with Gasteiger partial charge in [-0.3, -0.25) is 14.5 Å². The molecule has 48 heavy (non-hydrogen) atoms. The Hall–Kier alpha value is -3.96. The molecule has 3 aliphatic rings. The first-order valence-electron chi connectivity index (χ1n) is 16.5. The number of likely N-dealkylation sites (tertiary alicyclic amines) is 1. The van der Waals surface area contributed by atoms with E-state index in [1.165, 1.54) is 26.1 Å². The number of aliphatic carboxylic acids is 1. The highest BCUT2D eigenvalue weighted by Gasteiger charge is 2.37. The second-order valence-electron chi connectivity index (χ2n) is 13.5. The fraction of sp³-hybridized carbons (Fsp3) is 0.472. The molecule has 1 aromatic heterocycles. The van der Waals surface area contributed by atoms with Crippen LogP contribution in [0.25, 0.3) is 15.6 Å². The predicted octanol–water partition coefficient (Wildman–Crippen LogP) is 4.87. The van der Waals surface area contributed by atoms with Crippen molar-refractivity contribution in [2.45, 2.75) is 51.7 Å². The minimum atomic E-state index is -0.863. The van der Waals surface area contributed by atoms with Gasteiger partial charge in [0, 0.05) is 59.0 Å². The van der Waals surface area contributed by atoms with Crippen LogP contribution in [0.4, 0.5) is 11.5 Å². The van der Waals surface area contributed by atoms with E-state index < -0.39 is 11.4 Å². The fourth-order valence-electron chi connectivity index (χ4n) is 7.21. The molecule has 0 saturated carbocycles. The van der Waals surface area contributed by atoms with Gasteiger partial charge in [0.1, 0.15) is 18.5 Å². The van der Waals surface area contributed by atoms with E-state index in [4.69, 9.17) is 21.3 Å². The Balaban J connectivity index is 1.31. The van der Waals surface area contributed by atoms with Crippen molar-refractivity contribution in [2.75, 3.05) is 62.2 Å². The Morgan fingerprint density at radius 2 is 1.92 bits per heavy atom. The summed E-state index contributed by atoms with van der Waals surface area (Å²) in [4.78, 5) is 46.6. The quantitative estimate of drug-likeness (QED) is 0.176. The molecule has 2 aromatic carbocycles. The number of carboxylic acids is 1. The number of anilines is 2. The highest BCUT2D eigenvalue weighted by molar-refractivity contribution is 14.1. The molecule has 11 nitrogen and oxygen atoms in total. The van der Waals surface area contributed by atoms with E-state index in [1.54, 1.807) is 18.7 Å². The lowest BCUT2D eigenvalue weighted by Crippen LogP contribution is -2.56. The maximum Gasteiger partial charge on any atom is 0.318 e. The van der Waals surface area contributed by atoms with Crippen LogP contribution in [0.3, 0.4) is 0 Å². The molecule has 12 heteroatoms. The zero-order valence-electron chi connectivity index (χ0n) is 27.6. The van der Waals surface area contributed by atoms with Crippen LogP contribution in [0.5, 0.6) is 6.01 Å². The van der Waals surface area contributed by atoms with E-state index in [-0.39, 0.29) is 24.5 Å². The van der Waals surface area contributed by atoms with Gasteiger partial charge in [0.2, 0.25) is 12.5 Å². The Morgan fingerprint density at radius 3 is 2.67 bits per heavy atom. The van der Waals surface area contributed by atoms with Crippen molar-refractivity contribution < 1.29 is 19.4 Å². The minimum Gasteiger partial charge on any atom is -0.481 e. The molecule has 0 bridgehead atoms. The Morgan fingerprint density at radius 1 is 1.12 bits per heavy atom. The lowest BCUT2D eigenvalue weighted by atomic mass is 9.93. The van der Waals surface area contributed by atoms with E-state index in [1.807, 2.05) is 0 Å². The average molecular weight is 768 g/mol. The largest absolute Gasteiger partial charge is 0.481 e. The van der Waals surface area contributed by atoms with Gasteiger partial charge in [0.25, 0.3) is 0 Å². The van der Waals surface area contributed by atoms with Crippen molar-refractivity contribution in [3.8, 4) is 6.01 Å². The summed E-state index contributed by atoms with van der Waals surface area (Å²) in [5.41, 5.74) is 2.29. The van der Waals surface area contributed by atoms with Gasteiger partial charge in [-0.15, -0.1) is 0 Å². The molecule has 3 aliphatic heterocycles. The molecular weight excluding hydrogens is 725 g/mol. The number of hydrogen-bond donors (Lipinski definition) is 1. The number of ether oxygens (including phenoxy) is 1. The molecule has 2 atom stereocenters. The minimum absolute atomic E-state index is 0.0671. The Labute approximate surface area is 295 Å². The topological polar surface area (TPSA) is 107 Å². The van der Waals surface area contributed by atoms with Crippen molar-refractivity contribution >= 4 is 56.7 Å². The van der Waals surface area contributed by atoms with E-state index in [0.29, 0.717) is 45.3 Å². The van der Waals surface area contributed by atoms with Crippen LogP contribution < -0.4 is 14.5 Å². The molecular formula is C36H42IN7O4. The summed E-state index contributed by atoms with van der Waals surface area (Å²) in [5, 5.41) is 12.1. The summed E-state index contributed by atoms with van der Waals surface area (Å²) >= 11 is 2.41. The molecule has 2 saturated heterocycles. The van der Waals surface area contributed by atoms with Crippen LogP contribution in [-0.4, -0.2) is 101 Å². The first kappa shape index (κ1) is 33.9. The maximum atomic E-state index is 12.6. The standard InChI is InChI=1S/C36H42IN7O4/c1-5-31(45)44-18-17-42(20-26(44)19-38-4)33-27-14-16-41(30-13-7-10-24-9-6-12-28(37)32(24)30)21-29(27)39-35(40-33)48-22-25-11-8-15-43(25)23-36(2,3)34(46)47/h5-7,9-10,12-13,25-26H,1,8,11,14-23H2,2-3H3,(H,46,47)/t25-,26-/m0/s1/i37+4. The Bertz CT molecular complexity index is 1750. The van der Waals surface area contributed by atoms with Crippen molar-refractivity contribution in [2.24, 2.45) is 5.41 Å². The van der Waals surface area contributed by atoms with Crippen LogP contribution in [0.1, 0.15) is 37.9 Å². The number of fused-ring (bicyclic) bond motifs is 2. The normalized spacial score (nSPS) is 20.0. The number of nitrogens with zero attached hydrogens (tertiary/aromatic N) is 7. The predicted molar refractivity (Wildman–Crippen MR) is 194 cm³/mol. The van der Waals surface area contributed by atoms with Crippen LogP contribution >= 0.6 is 22.6 Å². The molecule has 0 aliphatic carbocycles. The van der Waals surface area contributed by atoms with Crippen LogP contribution in [0.15, 0.2) is 49.1 Å². The van der Waals surface area contributed by atoms with E-state index in [9.17, 15) is 14.7 Å². The van der Waals surface area contributed by atoms with Gasteiger partial charge in [-0.2, -0.15) is 9.97 Å². The smallest absolute Gasteiger partial charge is 0.318 e. The van der Waals surface area contributed by atoms with E-state index in [2.05, 4.69) is 85.1 Å². The third-order valence-electron chi connectivity index (χ3n) is 9.82. The van der Waals surface area contributed by atoms with Crippen molar-refractivity contribution in [3.05, 3.63) is 75.3 Å². The molecule has 3 aromatic rings. The van der Waals surface area contributed by atoms with Crippen molar-refractivity contribution in [1.82, 2.24) is 19.8 Å². The summed E-state index contributed by atoms with van der Waals surface area (Å²) in [5.74, 6) is -0.170. The van der Waals surface area contributed by atoms with Crippen molar-refractivity contribution in [3.63, 3.8) is 0 Å². The molecule has 252 valence electrons. The summed E-state index contributed by atoms with van der Waals surface area (Å²) in [6.07, 6.45) is 3.95. The number of aromatic nitrogens is 2. The first-order valence-corrected chi connectivity index (χ1v) is 17.6. The summed E-state index contributed by atoms with van der Waals surface area (Å²) in [6, 6.07) is 12.9. The van der Waals surface area contributed by atoms with Gasteiger partial charge in [-0.05, 0) is 85.8 Å². The zero-order chi connectivity index (χ0) is 34.0. The van der Waals surface area contributed by atoms with E-state index in [0.717, 1.165) is 49.4 Å². The van der Waals surface area contributed by atoms with Gasteiger partial charge in [0.15, 0.2) is 0 Å². The van der Waals surface area contributed by atoms with E-state index >= 15 is 0 Å². The first-order chi connectivity index (χ1) is 23.1. The van der Waals surface area contributed by atoms with Crippen molar-refractivity contribution in [1.29, 1.82) is 0 Å². The summed E-state index contributed by atoms with van der Waals surface area (Å²) < 4.78 is 7.59. The molecule has 0 radical (unpaired) electrons. The number of carbonyl (C=O) groups excluding carboxylic acids is 1. The van der Waals surface area contributed by atoms with Gasteiger partial charge < -0.3 is 29.4 Å². The number of amides is 1. The van der Waals surface area contributed by atoms with Gasteiger partial charge in [-0.25, -0.2) is 6.57 Å². The second-order valence-corrected chi connectivity index (χ2v) is 14.6. The number of carboxylic acid groups (broad SMARTS) is 1. The number of piperazine rings is 1. The highest BCUT2D eigenvalue weighted by Crippen LogP contribution is 2.36. The lowest BCUT2D eigenvalue weighted by molar-refractivity contribution is -0.148. The second kappa shape index (κ2) is 14.3. The monoisotopic (exact) mass is 767 g/mol. The fourth-order valence-corrected chi connectivity index (χ4v) is 8.01. The average Bonchev–Trinajstić information content (AvgIpc) is 3.52. The molecule has 0 unspecified atom stereocenters. The third kappa shape index (κ3) is 6.94. The third-order valence-corrected chi connectivity index (χ3v) is 10.7. The molecule has 2 fully saturated rings. The molecule has 1 amide bonds.